The summed E-state index contributed by atoms with van der Waals surface area (Å²) in [6.45, 7) is 5.22. The van der Waals surface area contributed by atoms with Crippen molar-refractivity contribution >= 4 is 28.5 Å². The van der Waals surface area contributed by atoms with Crippen LogP contribution in [-0.4, -0.2) is 66.8 Å². The Hall–Kier alpha value is -3.26. The number of rotatable bonds is 9. The molecule has 2 heterocycles. The van der Waals surface area contributed by atoms with Crippen molar-refractivity contribution in [2.75, 3.05) is 46.1 Å². The lowest BCUT2D eigenvalue weighted by Gasteiger charge is -2.34. The van der Waals surface area contributed by atoms with Crippen LogP contribution in [0.15, 0.2) is 76.0 Å². The zero-order chi connectivity index (χ0) is 25.8. The molecule has 0 spiro atoms. The number of thioether (sulfide) groups is 1. The number of phenolic OH excluding ortho intramolecular Hbond substituents is 1. The van der Waals surface area contributed by atoms with Crippen LogP contribution in [0.3, 0.4) is 0 Å². The van der Waals surface area contributed by atoms with Crippen LogP contribution in [0.2, 0.25) is 0 Å². The molecule has 0 saturated carbocycles. The Morgan fingerprint density at radius 2 is 1.73 bits per heavy atom. The van der Waals surface area contributed by atoms with Gasteiger partial charge in [-0.15, -0.1) is 11.8 Å². The predicted octanol–water partition coefficient (Wildman–Crippen LogP) is 5.47. The Bertz CT molecular complexity index is 1380. The molecule has 0 unspecified atom stereocenters. The molecule has 5 rings (SSSR count). The zero-order valence-electron chi connectivity index (χ0n) is 21.3. The van der Waals surface area contributed by atoms with Gasteiger partial charge in [0.1, 0.15) is 11.3 Å². The van der Waals surface area contributed by atoms with Gasteiger partial charge in [0.2, 0.25) is 0 Å². The zero-order valence-corrected chi connectivity index (χ0v) is 22.1. The number of benzene rings is 3. The number of nitrogens with zero attached hydrogens (tertiary/aromatic N) is 2. The predicted molar refractivity (Wildman–Crippen MR) is 149 cm³/mol. The lowest BCUT2D eigenvalue weighted by molar-refractivity contribution is -0.120. The third-order valence-corrected chi connectivity index (χ3v) is 7.68. The Morgan fingerprint density at radius 3 is 2.46 bits per heavy atom. The van der Waals surface area contributed by atoms with E-state index in [2.05, 4.69) is 40.1 Å². The van der Waals surface area contributed by atoms with Gasteiger partial charge >= 0.3 is 0 Å². The van der Waals surface area contributed by atoms with Crippen molar-refractivity contribution in [1.82, 2.24) is 9.80 Å². The van der Waals surface area contributed by atoms with Gasteiger partial charge in [-0.25, -0.2) is 0 Å². The highest BCUT2D eigenvalue weighted by Crippen LogP contribution is 2.42. The van der Waals surface area contributed by atoms with Crippen LogP contribution in [0, 0.1) is 0 Å². The number of fused-ring (bicyclic) bond motifs is 1. The second kappa shape index (κ2) is 11.4. The summed E-state index contributed by atoms with van der Waals surface area (Å²) in [6, 6.07) is 21.7. The van der Waals surface area contributed by atoms with Gasteiger partial charge in [-0.2, -0.15) is 0 Å². The number of carbonyl (C=O) groups excluding carboxylic acids is 1. The molecule has 3 aromatic carbocycles. The first-order chi connectivity index (χ1) is 18.0. The molecule has 0 aliphatic carbocycles. The molecule has 1 aliphatic rings. The summed E-state index contributed by atoms with van der Waals surface area (Å²) in [4.78, 5) is 18.7. The minimum atomic E-state index is 0.0893. The summed E-state index contributed by atoms with van der Waals surface area (Å²) < 4.78 is 11.5. The van der Waals surface area contributed by atoms with Crippen molar-refractivity contribution in [3.05, 3.63) is 77.9 Å². The van der Waals surface area contributed by atoms with Gasteiger partial charge in [0.25, 0.3) is 0 Å². The SMILES string of the molecule is COc1cc(-c2oc3ccc(CC(=O)CN4CCN(Cc5ccccc5)CC4)cc3c2SC)ccc1O. The van der Waals surface area contributed by atoms with Gasteiger partial charge in [0.05, 0.1) is 18.6 Å². The monoisotopic (exact) mass is 516 g/mol. The van der Waals surface area contributed by atoms with Crippen molar-refractivity contribution < 1.29 is 19.1 Å². The molecule has 1 saturated heterocycles. The number of Topliss-reactive ketones (excluding diaryl/α,β-unsaturated/α-hetero) is 1. The maximum absolute atomic E-state index is 13.0. The summed E-state index contributed by atoms with van der Waals surface area (Å²) in [5.74, 6) is 1.45. The van der Waals surface area contributed by atoms with E-state index in [9.17, 15) is 9.90 Å². The normalized spacial score (nSPS) is 14.8. The number of furan rings is 1. The standard InChI is InChI=1S/C30H32N2O4S/c1-35-28-18-23(9-10-26(28)34)29-30(37-2)25-17-22(8-11-27(25)36-29)16-24(33)20-32-14-12-31(13-15-32)19-21-6-4-3-5-7-21/h3-11,17-18,34H,12-16,19-20H2,1-2H3. The Morgan fingerprint density at radius 1 is 0.973 bits per heavy atom. The third kappa shape index (κ3) is 5.85. The molecule has 0 atom stereocenters. The van der Waals surface area contributed by atoms with E-state index in [0.29, 0.717) is 18.7 Å². The maximum atomic E-state index is 13.0. The van der Waals surface area contributed by atoms with Crippen molar-refractivity contribution in [2.45, 2.75) is 17.9 Å². The van der Waals surface area contributed by atoms with E-state index in [4.69, 9.17) is 9.15 Å². The smallest absolute Gasteiger partial charge is 0.161 e. The highest BCUT2D eigenvalue weighted by Gasteiger charge is 2.21. The second-order valence-electron chi connectivity index (χ2n) is 9.43. The summed E-state index contributed by atoms with van der Waals surface area (Å²) in [7, 11) is 1.53. The maximum Gasteiger partial charge on any atom is 0.161 e. The molecule has 192 valence electrons. The number of hydrogen-bond acceptors (Lipinski definition) is 7. The molecule has 37 heavy (non-hydrogen) atoms. The van der Waals surface area contributed by atoms with Crippen molar-refractivity contribution in [2.24, 2.45) is 0 Å². The van der Waals surface area contributed by atoms with Crippen LogP contribution in [0.1, 0.15) is 11.1 Å². The van der Waals surface area contributed by atoms with E-state index in [-0.39, 0.29) is 11.5 Å². The number of ketones is 1. The Balaban J connectivity index is 1.23. The number of methoxy groups -OCH3 is 1. The quantitative estimate of drug-likeness (QED) is 0.296. The largest absolute Gasteiger partial charge is 0.504 e. The van der Waals surface area contributed by atoms with E-state index < -0.39 is 0 Å². The van der Waals surface area contributed by atoms with Crippen LogP contribution in [0.5, 0.6) is 11.5 Å². The minimum Gasteiger partial charge on any atom is -0.504 e. The van der Waals surface area contributed by atoms with Crippen LogP contribution >= 0.6 is 11.8 Å². The van der Waals surface area contributed by atoms with E-state index in [1.54, 1.807) is 23.9 Å². The number of piperazine rings is 1. The molecule has 0 bridgehead atoms. The molecular formula is C30H32N2O4S. The summed E-state index contributed by atoms with van der Waals surface area (Å²) in [6.07, 6.45) is 2.42. The molecule has 4 aromatic rings. The molecule has 0 radical (unpaired) electrons. The van der Waals surface area contributed by atoms with Crippen molar-refractivity contribution in [1.29, 1.82) is 0 Å². The molecule has 0 amide bonds. The van der Waals surface area contributed by atoms with Gasteiger partial charge in [0.15, 0.2) is 17.3 Å². The van der Waals surface area contributed by atoms with Gasteiger partial charge in [0, 0.05) is 50.1 Å². The Labute approximate surface area is 221 Å². The molecule has 1 aliphatic heterocycles. The first kappa shape index (κ1) is 25.4. The van der Waals surface area contributed by atoms with Gasteiger partial charge in [-0.05, 0) is 47.7 Å². The average molecular weight is 517 g/mol. The first-order valence-electron chi connectivity index (χ1n) is 12.5. The van der Waals surface area contributed by atoms with E-state index in [1.807, 2.05) is 30.5 Å². The molecule has 1 fully saturated rings. The Kier molecular flexibility index (Phi) is 7.84. The summed E-state index contributed by atoms with van der Waals surface area (Å²) in [5, 5.41) is 11.0. The van der Waals surface area contributed by atoms with E-state index in [0.717, 1.165) is 65.5 Å². The lowest BCUT2D eigenvalue weighted by atomic mass is 10.1. The van der Waals surface area contributed by atoms with E-state index in [1.165, 1.54) is 12.7 Å². The van der Waals surface area contributed by atoms with E-state index >= 15 is 0 Å². The van der Waals surface area contributed by atoms with Crippen LogP contribution in [-0.2, 0) is 17.8 Å². The van der Waals surface area contributed by atoms with Crippen LogP contribution in [0.25, 0.3) is 22.3 Å². The number of phenols is 1. The number of aromatic hydroxyl groups is 1. The third-order valence-electron chi connectivity index (χ3n) is 6.87. The second-order valence-corrected chi connectivity index (χ2v) is 10.3. The molecular weight excluding hydrogens is 484 g/mol. The fourth-order valence-corrected chi connectivity index (χ4v) is 5.65. The first-order valence-corrected chi connectivity index (χ1v) is 13.7. The van der Waals surface area contributed by atoms with Crippen LogP contribution < -0.4 is 4.74 Å². The lowest BCUT2D eigenvalue weighted by Crippen LogP contribution is -2.47. The number of carbonyl (C=O) groups is 1. The molecule has 6 nitrogen and oxygen atoms in total. The number of ether oxygens (including phenoxy) is 1. The van der Waals surface area contributed by atoms with Crippen molar-refractivity contribution in [3.8, 4) is 22.8 Å². The van der Waals surface area contributed by atoms with Crippen LogP contribution in [0.4, 0.5) is 0 Å². The summed E-state index contributed by atoms with van der Waals surface area (Å²) in [5.41, 5.74) is 3.93. The minimum absolute atomic E-state index is 0.0893. The summed E-state index contributed by atoms with van der Waals surface area (Å²) >= 11 is 1.61. The average Bonchev–Trinajstić information content (AvgIpc) is 3.28. The van der Waals surface area contributed by atoms with Crippen molar-refractivity contribution in [3.63, 3.8) is 0 Å². The van der Waals surface area contributed by atoms with Gasteiger partial charge < -0.3 is 14.3 Å². The topological polar surface area (TPSA) is 66.2 Å². The fourth-order valence-electron chi connectivity index (χ4n) is 4.92. The molecule has 7 heteroatoms. The fraction of sp³-hybridized carbons (Fsp3) is 0.300. The molecule has 1 N–H and O–H groups in total. The van der Waals surface area contributed by atoms with Gasteiger partial charge in [-0.3, -0.25) is 14.6 Å². The highest BCUT2D eigenvalue weighted by molar-refractivity contribution is 7.99. The number of hydrogen-bond donors (Lipinski definition) is 1. The molecule has 1 aromatic heterocycles. The highest BCUT2D eigenvalue weighted by atomic mass is 32.2. The van der Waals surface area contributed by atoms with Gasteiger partial charge in [-0.1, -0.05) is 36.4 Å².